The number of H-pyrrole nitrogens is 1. The molecular formula is C24H34N4O5. The number of nitrogens with zero attached hydrogens (tertiary/aromatic N) is 1. The van der Waals surface area contributed by atoms with E-state index in [-0.39, 0.29) is 17.7 Å². The number of aromatic amines is 1. The summed E-state index contributed by atoms with van der Waals surface area (Å²) in [4.78, 5) is 42.5. The lowest BCUT2D eigenvalue weighted by atomic mass is 10.1. The average molecular weight is 459 g/mol. The number of aromatic nitrogens is 1. The van der Waals surface area contributed by atoms with Gasteiger partial charge in [0.1, 0.15) is 17.1 Å². The van der Waals surface area contributed by atoms with Crippen LogP contribution in [0.5, 0.6) is 0 Å². The second-order valence-corrected chi connectivity index (χ2v) is 8.69. The number of aliphatic imine (C=N–C) groups is 1. The molecule has 0 aliphatic rings. The number of fused-ring (bicyclic) bond motifs is 1. The average Bonchev–Trinajstić information content (AvgIpc) is 3.15. The first kappa shape index (κ1) is 25.9. The monoisotopic (exact) mass is 458 g/mol. The summed E-state index contributed by atoms with van der Waals surface area (Å²) >= 11 is 0. The lowest BCUT2D eigenvalue weighted by Crippen LogP contribution is -2.24. The van der Waals surface area contributed by atoms with Gasteiger partial charge in [0.25, 0.3) is 5.91 Å². The van der Waals surface area contributed by atoms with Gasteiger partial charge in [-0.2, -0.15) is 4.99 Å². The van der Waals surface area contributed by atoms with Crippen LogP contribution < -0.4 is 11.1 Å². The summed E-state index contributed by atoms with van der Waals surface area (Å²) in [5.74, 6) is -0.318. The van der Waals surface area contributed by atoms with E-state index in [2.05, 4.69) is 15.3 Å². The van der Waals surface area contributed by atoms with Crippen molar-refractivity contribution in [3.8, 4) is 0 Å². The summed E-state index contributed by atoms with van der Waals surface area (Å²) in [5, 5.41) is 3.67. The Kier molecular flexibility index (Phi) is 9.44. The molecule has 0 aliphatic heterocycles. The van der Waals surface area contributed by atoms with E-state index in [0.717, 1.165) is 36.6 Å². The highest BCUT2D eigenvalue weighted by molar-refractivity contribution is 6.06. The van der Waals surface area contributed by atoms with Crippen molar-refractivity contribution in [1.29, 1.82) is 0 Å². The number of benzene rings is 1. The fraction of sp³-hybridized carbons (Fsp3) is 0.500. The van der Waals surface area contributed by atoms with E-state index in [9.17, 15) is 14.4 Å². The molecule has 2 amide bonds. The van der Waals surface area contributed by atoms with Gasteiger partial charge in [-0.1, -0.05) is 12.8 Å². The lowest BCUT2D eigenvalue weighted by molar-refractivity contribution is -0.143. The van der Waals surface area contributed by atoms with Crippen LogP contribution in [-0.2, 0) is 14.3 Å². The summed E-state index contributed by atoms with van der Waals surface area (Å²) in [6.07, 6.45) is 3.13. The Morgan fingerprint density at radius 2 is 1.82 bits per heavy atom. The fourth-order valence-electron chi connectivity index (χ4n) is 3.14. The van der Waals surface area contributed by atoms with Crippen molar-refractivity contribution in [3.63, 3.8) is 0 Å². The van der Waals surface area contributed by atoms with Crippen molar-refractivity contribution in [2.75, 3.05) is 13.2 Å². The number of rotatable bonds is 10. The molecular weight excluding hydrogens is 424 g/mol. The Morgan fingerprint density at radius 1 is 1.09 bits per heavy atom. The number of carbonyl (C=O) groups is 3. The Morgan fingerprint density at radius 3 is 2.52 bits per heavy atom. The zero-order valence-electron chi connectivity index (χ0n) is 19.8. The van der Waals surface area contributed by atoms with E-state index >= 15 is 0 Å². The molecule has 33 heavy (non-hydrogen) atoms. The van der Waals surface area contributed by atoms with Crippen LogP contribution in [0.15, 0.2) is 29.3 Å². The van der Waals surface area contributed by atoms with Crippen molar-refractivity contribution < 1.29 is 23.9 Å². The molecule has 1 aromatic heterocycles. The van der Waals surface area contributed by atoms with Gasteiger partial charge < -0.3 is 25.5 Å². The van der Waals surface area contributed by atoms with Crippen LogP contribution >= 0.6 is 0 Å². The van der Waals surface area contributed by atoms with Gasteiger partial charge in [-0.3, -0.25) is 9.59 Å². The fourth-order valence-corrected chi connectivity index (χ4v) is 3.14. The molecule has 9 heteroatoms. The van der Waals surface area contributed by atoms with Crippen molar-refractivity contribution in [3.05, 3.63) is 35.5 Å². The third-order valence-electron chi connectivity index (χ3n) is 4.66. The Hall–Kier alpha value is -3.36. The Labute approximate surface area is 194 Å². The van der Waals surface area contributed by atoms with Gasteiger partial charge in [0, 0.05) is 29.4 Å². The van der Waals surface area contributed by atoms with Gasteiger partial charge in [0.2, 0.25) is 0 Å². The topological polar surface area (TPSA) is 136 Å². The molecule has 2 aromatic rings. The molecule has 0 fully saturated rings. The van der Waals surface area contributed by atoms with E-state index < -0.39 is 11.7 Å². The zero-order chi connectivity index (χ0) is 24.4. The van der Waals surface area contributed by atoms with E-state index in [4.69, 9.17) is 15.2 Å². The minimum absolute atomic E-state index is 0.0429. The number of nitrogens with two attached hydrogens (primary N) is 1. The van der Waals surface area contributed by atoms with Crippen LogP contribution in [0.2, 0.25) is 0 Å². The smallest absolute Gasteiger partial charge is 0.436 e. The van der Waals surface area contributed by atoms with Gasteiger partial charge >= 0.3 is 12.1 Å². The van der Waals surface area contributed by atoms with Crippen molar-refractivity contribution in [2.24, 2.45) is 10.7 Å². The summed E-state index contributed by atoms with van der Waals surface area (Å²) < 4.78 is 10.1. The van der Waals surface area contributed by atoms with E-state index in [1.807, 2.05) is 0 Å². The van der Waals surface area contributed by atoms with Gasteiger partial charge in [-0.05, 0) is 64.8 Å². The van der Waals surface area contributed by atoms with Gasteiger partial charge in [-0.25, -0.2) is 4.79 Å². The maximum Gasteiger partial charge on any atom is 0.436 e. The first-order chi connectivity index (χ1) is 15.6. The van der Waals surface area contributed by atoms with Gasteiger partial charge in [0.15, 0.2) is 0 Å². The Bertz CT molecular complexity index is 1000. The number of carbonyl (C=O) groups excluding carboxylic acids is 3. The third kappa shape index (κ3) is 8.96. The quantitative estimate of drug-likeness (QED) is 0.213. The van der Waals surface area contributed by atoms with E-state index in [0.29, 0.717) is 30.8 Å². The second kappa shape index (κ2) is 12.0. The minimum Gasteiger partial charge on any atom is -0.466 e. The van der Waals surface area contributed by atoms with E-state index in [1.165, 1.54) is 0 Å². The molecule has 2 rings (SSSR count). The minimum atomic E-state index is -0.755. The number of unbranched alkanes of at least 4 members (excludes halogenated alkanes) is 3. The number of esters is 1. The molecule has 0 atom stereocenters. The molecule has 0 radical (unpaired) electrons. The number of amides is 2. The number of ether oxygens (including phenoxy) is 2. The van der Waals surface area contributed by atoms with Crippen LogP contribution in [-0.4, -0.2) is 47.5 Å². The number of amidine groups is 1. The highest BCUT2D eigenvalue weighted by atomic mass is 16.6. The predicted octanol–water partition coefficient (Wildman–Crippen LogP) is 4.05. The number of hydrogen-bond acceptors (Lipinski definition) is 5. The van der Waals surface area contributed by atoms with Crippen molar-refractivity contribution in [2.45, 2.75) is 65.4 Å². The molecule has 1 aromatic carbocycles. The molecule has 4 N–H and O–H groups in total. The molecule has 0 aliphatic carbocycles. The number of hydrogen-bond donors (Lipinski definition) is 3. The van der Waals surface area contributed by atoms with Crippen LogP contribution in [0, 0.1) is 0 Å². The summed E-state index contributed by atoms with van der Waals surface area (Å²) in [6, 6.07) is 6.99. The van der Waals surface area contributed by atoms with Gasteiger partial charge in [0.05, 0.1) is 6.61 Å². The normalized spacial score (nSPS) is 11.9. The van der Waals surface area contributed by atoms with Crippen molar-refractivity contribution >= 4 is 34.7 Å². The Balaban J connectivity index is 1.86. The highest BCUT2D eigenvalue weighted by Crippen LogP contribution is 2.18. The molecule has 0 spiro atoms. The molecule has 0 saturated carbocycles. The van der Waals surface area contributed by atoms with Crippen LogP contribution in [0.1, 0.15) is 75.9 Å². The molecule has 1 heterocycles. The number of nitrogens with one attached hydrogen (secondary N) is 2. The second-order valence-electron chi connectivity index (χ2n) is 8.69. The standard InChI is InChI=1S/C24H34N4O5/c1-5-32-20(29)10-8-6-7-9-13-26-22(30)19-15-17-14-16(11-12-18(17)27-19)21(25)28-23(31)33-24(2,3)4/h11-12,14-15,27H,5-10,13H2,1-4H3,(H,26,30)(H2,25,28,31). The lowest BCUT2D eigenvalue weighted by Gasteiger charge is -2.17. The molecule has 0 unspecified atom stereocenters. The van der Waals surface area contributed by atoms with Crippen LogP contribution in [0.25, 0.3) is 10.9 Å². The summed E-state index contributed by atoms with van der Waals surface area (Å²) in [5.41, 5.74) is 7.06. The van der Waals surface area contributed by atoms with Crippen LogP contribution in [0.3, 0.4) is 0 Å². The molecule has 0 bridgehead atoms. The van der Waals surface area contributed by atoms with E-state index in [1.54, 1.807) is 52.0 Å². The zero-order valence-corrected chi connectivity index (χ0v) is 19.8. The van der Waals surface area contributed by atoms with Crippen LogP contribution in [0.4, 0.5) is 4.79 Å². The first-order valence-electron chi connectivity index (χ1n) is 11.2. The largest absolute Gasteiger partial charge is 0.466 e. The maximum atomic E-state index is 12.4. The third-order valence-corrected chi connectivity index (χ3v) is 4.66. The summed E-state index contributed by atoms with van der Waals surface area (Å²) in [7, 11) is 0. The summed E-state index contributed by atoms with van der Waals surface area (Å²) in [6.45, 7) is 8.01. The predicted molar refractivity (Wildman–Crippen MR) is 127 cm³/mol. The SMILES string of the molecule is CCOC(=O)CCCCCCNC(=O)c1cc2cc(/C(N)=N\C(=O)OC(C)(C)C)ccc2[nH]1. The van der Waals surface area contributed by atoms with Crippen molar-refractivity contribution in [1.82, 2.24) is 10.3 Å². The molecule has 9 nitrogen and oxygen atoms in total. The van der Waals surface area contributed by atoms with Gasteiger partial charge in [-0.15, -0.1) is 0 Å². The molecule has 180 valence electrons. The molecule has 0 saturated heterocycles. The highest BCUT2D eigenvalue weighted by Gasteiger charge is 2.16. The first-order valence-corrected chi connectivity index (χ1v) is 11.2. The maximum absolute atomic E-state index is 12.4.